The molecule has 1 saturated heterocycles. The number of pyridine rings is 1. The summed E-state index contributed by atoms with van der Waals surface area (Å²) in [5.74, 6) is 2.88. The monoisotopic (exact) mass is 324 g/mol. The summed E-state index contributed by atoms with van der Waals surface area (Å²) in [6, 6.07) is 2.25. The first-order chi connectivity index (χ1) is 9.11. The van der Waals surface area contributed by atoms with Crippen LogP contribution in [0.2, 0.25) is 0 Å². The maximum absolute atomic E-state index is 4.68. The fourth-order valence-electron chi connectivity index (χ4n) is 3.03. The van der Waals surface area contributed by atoms with Gasteiger partial charge in [-0.1, -0.05) is 35.8 Å². The van der Waals surface area contributed by atoms with Gasteiger partial charge in [0.05, 0.1) is 0 Å². The molecule has 1 aliphatic heterocycles. The van der Waals surface area contributed by atoms with Crippen LogP contribution in [0.3, 0.4) is 0 Å². The van der Waals surface area contributed by atoms with E-state index in [1.165, 1.54) is 36.2 Å². The molecule has 0 spiro atoms. The highest BCUT2D eigenvalue weighted by Crippen LogP contribution is 2.28. The van der Waals surface area contributed by atoms with Crippen LogP contribution in [0.25, 0.3) is 0 Å². The molecule has 0 aliphatic carbocycles. The molecule has 0 N–H and O–H groups in total. The first-order valence-electron chi connectivity index (χ1n) is 7.38. The third kappa shape index (κ3) is 3.71. The maximum Gasteiger partial charge on any atom is 0.131 e. The molecule has 106 valence electrons. The van der Waals surface area contributed by atoms with Crippen LogP contribution >= 0.6 is 15.9 Å². The summed E-state index contributed by atoms with van der Waals surface area (Å²) in [5, 5.41) is 0.885. The Kier molecular flexibility index (Phi) is 5.26. The Morgan fingerprint density at radius 3 is 2.79 bits per heavy atom. The van der Waals surface area contributed by atoms with Gasteiger partial charge in [-0.25, -0.2) is 4.98 Å². The van der Waals surface area contributed by atoms with Crippen LogP contribution in [0.1, 0.15) is 44.2 Å². The van der Waals surface area contributed by atoms with Gasteiger partial charge in [0.25, 0.3) is 0 Å². The van der Waals surface area contributed by atoms with Crippen LogP contribution in [-0.4, -0.2) is 18.1 Å². The summed E-state index contributed by atoms with van der Waals surface area (Å²) < 4.78 is 0. The Bertz CT molecular complexity index is 417. The molecule has 0 aromatic carbocycles. The Balaban J connectivity index is 2.10. The van der Waals surface area contributed by atoms with Crippen LogP contribution < -0.4 is 4.90 Å². The van der Waals surface area contributed by atoms with E-state index in [4.69, 9.17) is 0 Å². The normalized spacial score (nSPS) is 20.7. The molecule has 1 aromatic heterocycles. The third-order valence-electron chi connectivity index (χ3n) is 4.28. The molecule has 1 aliphatic rings. The Morgan fingerprint density at radius 2 is 2.16 bits per heavy atom. The summed E-state index contributed by atoms with van der Waals surface area (Å²) in [5.41, 5.74) is 2.57. The fourth-order valence-corrected chi connectivity index (χ4v) is 3.34. The fraction of sp³-hybridized carbons (Fsp3) is 0.688. The Hall–Kier alpha value is -0.570. The number of aryl methyl sites for hydroxylation is 1. The van der Waals surface area contributed by atoms with Crippen LogP contribution in [0.15, 0.2) is 12.3 Å². The zero-order valence-corrected chi connectivity index (χ0v) is 13.9. The number of aromatic nitrogens is 1. The number of hydrogen-bond donors (Lipinski definition) is 0. The predicted octanol–water partition coefficient (Wildman–Crippen LogP) is 4.55. The van der Waals surface area contributed by atoms with Gasteiger partial charge in [0.2, 0.25) is 0 Å². The van der Waals surface area contributed by atoms with Gasteiger partial charge in [0.1, 0.15) is 5.82 Å². The van der Waals surface area contributed by atoms with Gasteiger partial charge in [-0.05, 0) is 49.1 Å². The Labute approximate surface area is 125 Å². The quantitative estimate of drug-likeness (QED) is 0.758. The van der Waals surface area contributed by atoms with E-state index in [0.29, 0.717) is 0 Å². The average molecular weight is 325 g/mol. The average Bonchev–Trinajstić information content (AvgIpc) is 2.64. The van der Waals surface area contributed by atoms with Crippen molar-refractivity contribution in [3.63, 3.8) is 0 Å². The molecule has 3 heteroatoms. The topological polar surface area (TPSA) is 16.1 Å². The Morgan fingerprint density at radius 1 is 1.37 bits per heavy atom. The first-order valence-corrected chi connectivity index (χ1v) is 8.50. The van der Waals surface area contributed by atoms with Gasteiger partial charge < -0.3 is 4.90 Å². The van der Waals surface area contributed by atoms with Gasteiger partial charge in [0.15, 0.2) is 0 Å². The number of alkyl halides is 1. The van der Waals surface area contributed by atoms with Crippen LogP contribution in [0.5, 0.6) is 0 Å². The van der Waals surface area contributed by atoms with E-state index in [9.17, 15) is 0 Å². The van der Waals surface area contributed by atoms with E-state index < -0.39 is 0 Å². The molecule has 2 rings (SSSR count). The van der Waals surface area contributed by atoms with Crippen molar-refractivity contribution in [2.45, 2.75) is 45.4 Å². The van der Waals surface area contributed by atoms with Gasteiger partial charge in [0, 0.05) is 24.6 Å². The standard InChI is InChI=1S/C16H25BrN2/c1-12(2)15-5-4-7-19(8-6-15)16-13(3)9-14(10-17)11-18-16/h9,11-12,15H,4-8,10H2,1-3H3. The number of nitrogens with zero attached hydrogens (tertiary/aromatic N) is 2. The van der Waals surface area contributed by atoms with Gasteiger partial charge in [-0.15, -0.1) is 0 Å². The van der Waals surface area contributed by atoms with Crippen LogP contribution in [0, 0.1) is 18.8 Å². The lowest BCUT2D eigenvalue weighted by Gasteiger charge is -2.24. The van der Waals surface area contributed by atoms with Crippen molar-refractivity contribution in [1.29, 1.82) is 0 Å². The summed E-state index contributed by atoms with van der Waals surface area (Å²) in [4.78, 5) is 7.16. The van der Waals surface area contributed by atoms with Gasteiger partial charge in [-0.3, -0.25) is 0 Å². The summed E-state index contributed by atoms with van der Waals surface area (Å²) in [6.45, 7) is 9.21. The van der Waals surface area contributed by atoms with Gasteiger partial charge >= 0.3 is 0 Å². The minimum Gasteiger partial charge on any atom is -0.356 e. The molecule has 1 aromatic rings. The van der Waals surface area contributed by atoms with Crippen LogP contribution in [-0.2, 0) is 5.33 Å². The first kappa shape index (κ1) is 14.8. The van der Waals surface area contributed by atoms with Crippen molar-refractivity contribution in [2.75, 3.05) is 18.0 Å². The SMILES string of the molecule is Cc1cc(CBr)cnc1N1CCCC(C(C)C)CC1. The molecule has 1 unspecified atom stereocenters. The third-order valence-corrected chi connectivity index (χ3v) is 4.92. The minimum atomic E-state index is 0.810. The second kappa shape index (κ2) is 6.74. The minimum absolute atomic E-state index is 0.810. The summed E-state index contributed by atoms with van der Waals surface area (Å²) >= 11 is 3.49. The molecule has 0 saturated carbocycles. The van der Waals surface area contributed by atoms with E-state index >= 15 is 0 Å². The van der Waals surface area contributed by atoms with Crippen molar-refractivity contribution < 1.29 is 0 Å². The summed E-state index contributed by atoms with van der Waals surface area (Å²) in [6.07, 6.45) is 5.97. The van der Waals surface area contributed by atoms with Crippen molar-refractivity contribution in [1.82, 2.24) is 4.98 Å². The molecule has 0 radical (unpaired) electrons. The molecular formula is C16H25BrN2. The van der Waals surface area contributed by atoms with E-state index in [-0.39, 0.29) is 0 Å². The maximum atomic E-state index is 4.68. The molecule has 2 nitrogen and oxygen atoms in total. The largest absolute Gasteiger partial charge is 0.356 e. The number of anilines is 1. The van der Waals surface area contributed by atoms with E-state index in [2.05, 4.69) is 52.7 Å². The van der Waals surface area contributed by atoms with E-state index in [1.54, 1.807) is 0 Å². The lowest BCUT2D eigenvalue weighted by atomic mass is 9.89. The predicted molar refractivity (Wildman–Crippen MR) is 86.0 cm³/mol. The molecule has 1 atom stereocenters. The smallest absolute Gasteiger partial charge is 0.131 e. The molecule has 0 bridgehead atoms. The van der Waals surface area contributed by atoms with E-state index in [1.807, 2.05) is 6.20 Å². The van der Waals surface area contributed by atoms with Crippen molar-refractivity contribution >= 4 is 21.7 Å². The van der Waals surface area contributed by atoms with Crippen LogP contribution in [0.4, 0.5) is 5.82 Å². The molecule has 0 amide bonds. The highest BCUT2D eigenvalue weighted by atomic mass is 79.9. The second-order valence-corrected chi connectivity index (χ2v) is 6.60. The zero-order chi connectivity index (χ0) is 13.8. The summed E-state index contributed by atoms with van der Waals surface area (Å²) in [7, 11) is 0. The van der Waals surface area contributed by atoms with Crippen molar-refractivity contribution in [3.05, 3.63) is 23.4 Å². The molecular weight excluding hydrogens is 300 g/mol. The molecule has 19 heavy (non-hydrogen) atoms. The number of rotatable bonds is 3. The molecule has 1 fully saturated rings. The lowest BCUT2D eigenvalue weighted by Crippen LogP contribution is -2.26. The van der Waals surface area contributed by atoms with E-state index in [0.717, 1.165) is 30.3 Å². The number of hydrogen-bond acceptors (Lipinski definition) is 2. The highest BCUT2D eigenvalue weighted by molar-refractivity contribution is 9.08. The molecule has 2 heterocycles. The second-order valence-electron chi connectivity index (χ2n) is 6.04. The van der Waals surface area contributed by atoms with Gasteiger partial charge in [-0.2, -0.15) is 0 Å². The highest BCUT2D eigenvalue weighted by Gasteiger charge is 2.21. The number of halogens is 1. The van der Waals surface area contributed by atoms with Crippen molar-refractivity contribution in [2.24, 2.45) is 11.8 Å². The lowest BCUT2D eigenvalue weighted by molar-refractivity contribution is 0.351. The van der Waals surface area contributed by atoms with Crippen molar-refractivity contribution in [3.8, 4) is 0 Å². The zero-order valence-electron chi connectivity index (χ0n) is 12.3.